The van der Waals surface area contributed by atoms with Crippen molar-refractivity contribution in [1.29, 1.82) is 0 Å². The van der Waals surface area contributed by atoms with E-state index in [1.165, 1.54) is 12.8 Å². The van der Waals surface area contributed by atoms with Gasteiger partial charge in [-0.25, -0.2) is 4.99 Å². The number of anilines is 2. The van der Waals surface area contributed by atoms with Gasteiger partial charge < -0.3 is 25.8 Å². The molecule has 0 radical (unpaired) electrons. The highest BCUT2D eigenvalue weighted by molar-refractivity contribution is 6.31. The third-order valence-electron chi connectivity index (χ3n) is 7.85. The molecule has 3 aromatic rings. The van der Waals surface area contributed by atoms with Crippen LogP contribution in [0, 0.1) is 0 Å². The van der Waals surface area contributed by atoms with Crippen LogP contribution < -0.4 is 16.0 Å². The topological polar surface area (TPSA) is 89.1 Å². The van der Waals surface area contributed by atoms with Gasteiger partial charge >= 0.3 is 0 Å². The van der Waals surface area contributed by atoms with Gasteiger partial charge in [-0.1, -0.05) is 41.9 Å². The summed E-state index contributed by atoms with van der Waals surface area (Å²) in [5.74, 6) is -0.202. The molecule has 3 heterocycles. The molecule has 9 heteroatoms. The van der Waals surface area contributed by atoms with E-state index in [2.05, 4.69) is 38.0 Å². The van der Waals surface area contributed by atoms with Crippen molar-refractivity contribution < 1.29 is 9.59 Å². The van der Waals surface area contributed by atoms with E-state index in [4.69, 9.17) is 11.6 Å². The fourth-order valence-electron chi connectivity index (χ4n) is 5.74. The van der Waals surface area contributed by atoms with Gasteiger partial charge in [0.05, 0.1) is 23.8 Å². The Kier molecular flexibility index (Phi) is 7.76. The average Bonchev–Trinajstić information content (AvgIpc) is 3.44. The number of nitrogens with zero attached hydrogens (tertiary/aromatic N) is 3. The first-order valence-electron chi connectivity index (χ1n) is 14.0. The maximum absolute atomic E-state index is 13.3. The number of amides is 2. The summed E-state index contributed by atoms with van der Waals surface area (Å²) in [7, 11) is 1.95. The van der Waals surface area contributed by atoms with Crippen molar-refractivity contribution in [3.63, 3.8) is 0 Å². The lowest BCUT2D eigenvalue weighted by molar-refractivity contribution is -0.115. The maximum Gasteiger partial charge on any atom is 0.251 e. The fraction of sp³-hybridized carbons (Fsp3) is 0.281. The van der Waals surface area contributed by atoms with Crippen molar-refractivity contribution in [2.24, 2.45) is 4.99 Å². The van der Waals surface area contributed by atoms with E-state index in [1.54, 1.807) is 12.3 Å². The Hall–Kier alpha value is -4.14. The lowest BCUT2D eigenvalue weighted by Gasteiger charge is -2.34. The second-order valence-corrected chi connectivity index (χ2v) is 11.2. The first-order chi connectivity index (χ1) is 19.9. The van der Waals surface area contributed by atoms with Crippen LogP contribution in [0.4, 0.5) is 11.4 Å². The Labute approximate surface area is 245 Å². The minimum Gasteiger partial charge on any atom is -0.347 e. The van der Waals surface area contributed by atoms with Crippen LogP contribution >= 0.6 is 11.6 Å². The quantitative estimate of drug-likeness (QED) is 0.356. The van der Waals surface area contributed by atoms with E-state index in [9.17, 15) is 9.59 Å². The average molecular weight is 569 g/mol. The molecule has 1 saturated heterocycles. The minimum atomic E-state index is -0.395. The Balaban J connectivity index is 1.15. The van der Waals surface area contributed by atoms with Crippen LogP contribution in [-0.2, 0) is 4.79 Å². The molecular formula is C32H33ClN6O2. The number of likely N-dealkylation sites (tertiary alicyclic amines) is 1. The first-order valence-corrected chi connectivity index (χ1v) is 14.4. The van der Waals surface area contributed by atoms with Crippen LogP contribution in [0.3, 0.4) is 0 Å². The van der Waals surface area contributed by atoms with E-state index in [-0.39, 0.29) is 24.3 Å². The third-order valence-corrected chi connectivity index (χ3v) is 8.08. The molecule has 2 unspecified atom stereocenters. The number of aliphatic imine (C=N–C) groups is 1. The molecule has 0 aromatic heterocycles. The summed E-state index contributed by atoms with van der Waals surface area (Å²) in [5.41, 5.74) is 5.88. The summed E-state index contributed by atoms with van der Waals surface area (Å²) in [6.45, 7) is 2.94. The highest BCUT2D eigenvalue weighted by Gasteiger charge is 2.29. The molecule has 0 spiro atoms. The second-order valence-electron chi connectivity index (χ2n) is 10.7. The van der Waals surface area contributed by atoms with Gasteiger partial charge in [-0.05, 0) is 74.0 Å². The monoisotopic (exact) mass is 568 g/mol. The Morgan fingerprint density at radius 1 is 1.07 bits per heavy atom. The van der Waals surface area contributed by atoms with E-state index in [0.717, 1.165) is 47.7 Å². The maximum atomic E-state index is 13.3. The largest absolute Gasteiger partial charge is 0.347 e. The zero-order valence-electron chi connectivity index (χ0n) is 22.9. The molecule has 3 aromatic carbocycles. The predicted octanol–water partition coefficient (Wildman–Crippen LogP) is 5.37. The zero-order valence-corrected chi connectivity index (χ0v) is 23.7. The van der Waals surface area contributed by atoms with E-state index >= 15 is 0 Å². The minimum absolute atomic E-state index is 0.0778. The zero-order chi connectivity index (χ0) is 28.3. The van der Waals surface area contributed by atoms with Crippen molar-refractivity contribution in [2.75, 3.05) is 37.3 Å². The summed E-state index contributed by atoms with van der Waals surface area (Å²) >= 11 is 6.21. The van der Waals surface area contributed by atoms with Crippen LogP contribution in [0.2, 0.25) is 5.02 Å². The smallest absolute Gasteiger partial charge is 0.251 e. The molecule has 2 atom stereocenters. The van der Waals surface area contributed by atoms with Crippen LogP contribution in [0.15, 0.2) is 83.4 Å². The molecule has 2 amide bonds. The Bertz CT molecular complexity index is 1500. The van der Waals surface area contributed by atoms with Gasteiger partial charge in [0.2, 0.25) is 5.91 Å². The fourth-order valence-corrected chi connectivity index (χ4v) is 5.91. The molecule has 3 aliphatic rings. The summed E-state index contributed by atoms with van der Waals surface area (Å²) in [6, 6.07) is 23.1. The van der Waals surface area contributed by atoms with Gasteiger partial charge in [0.15, 0.2) is 6.29 Å². The van der Waals surface area contributed by atoms with Gasteiger partial charge in [-0.2, -0.15) is 0 Å². The number of carbonyl (C=O) groups excluding carboxylic acids is 2. The number of halogens is 1. The van der Waals surface area contributed by atoms with Gasteiger partial charge in [-0.15, -0.1) is 0 Å². The predicted molar refractivity (Wildman–Crippen MR) is 164 cm³/mol. The second kappa shape index (κ2) is 11.8. The highest BCUT2D eigenvalue weighted by atomic mass is 35.5. The van der Waals surface area contributed by atoms with Crippen molar-refractivity contribution in [3.05, 3.63) is 100 Å². The van der Waals surface area contributed by atoms with Crippen LogP contribution in [-0.4, -0.2) is 60.8 Å². The molecule has 3 aliphatic heterocycles. The molecule has 6 rings (SSSR count). The molecule has 210 valence electrons. The van der Waals surface area contributed by atoms with E-state index in [1.807, 2.05) is 66.5 Å². The number of hydrogen-bond acceptors (Lipinski definition) is 6. The summed E-state index contributed by atoms with van der Waals surface area (Å²) < 4.78 is 0. The van der Waals surface area contributed by atoms with Gasteiger partial charge in [0, 0.05) is 47.2 Å². The third kappa shape index (κ3) is 5.99. The number of hydrogen-bond donors (Lipinski definition) is 3. The first kappa shape index (κ1) is 27.1. The summed E-state index contributed by atoms with van der Waals surface area (Å²) in [6.07, 6.45) is 4.01. The van der Waals surface area contributed by atoms with Crippen molar-refractivity contribution >= 4 is 46.7 Å². The molecule has 0 saturated carbocycles. The standard InChI is InChI=1S/C32H33ClN6O2/c1-38-30-23(17-29(40)36-27-18-24(33)11-14-26(27)30)19-34-32(38)35-25-12-9-22(10-13-25)31(41)37-28(20-39-15-5-6-16-39)21-7-3-2-4-8-21/h2-4,7-14,18-19,28,32,35H,5-6,15-17,20H2,1H3,(H,36,40)(H,37,41). The van der Waals surface area contributed by atoms with Crippen molar-refractivity contribution in [3.8, 4) is 0 Å². The van der Waals surface area contributed by atoms with Crippen molar-refractivity contribution in [2.45, 2.75) is 31.6 Å². The Morgan fingerprint density at radius 3 is 2.59 bits per heavy atom. The molecular weight excluding hydrogens is 536 g/mol. The number of rotatable bonds is 7. The summed E-state index contributed by atoms with van der Waals surface area (Å²) in [5, 5.41) is 10.2. The highest BCUT2D eigenvalue weighted by Crippen LogP contribution is 2.37. The van der Waals surface area contributed by atoms with Gasteiger partial charge in [0.1, 0.15) is 0 Å². The van der Waals surface area contributed by atoms with Gasteiger partial charge in [-0.3, -0.25) is 9.59 Å². The normalized spacial score (nSPS) is 19.2. The number of fused-ring (bicyclic) bond motifs is 2. The number of nitrogens with one attached hydrogen (secondary N) is 3. The summed E-state index contributed by atoms with van der Waals surface area (Å²) in [4.78, 5) is 34.9. The SMILES string of the molecule is CN1C2=C(C=NC1Nc1ccc(C(=O)NC(CN3CCCC3)c3ccccc3)cc1)CC(=O)Nc1cc(Cl)ccc12. The number of carbonyl (C=O) groups is 2. The molecule has 41 heavy (non-hydrogen) atoms. The van der Waals surface area contributed by atoms with E-state index < -0.39 is 6.29 Å². The number of benzene rings is 3. The molecule has 1 fully saturated rings. The van der Waals surface area contributed by atoms with E-state index in [0.29, 0.717) is 16.3 Å². The molecule has 0 bridgehead atoms. The van der Waals surface area contributed by atoms with Crippen LogP contribution in [0.5, 0.6) is 0 Å². The molecule has 3 N–H and O–H groups in total. The lowest BCUT2D eigenvalue weighted by Crippen LogP contribution is -2.38. The lowest BCUT2D eigenvalue weighted by atomic mass is 10.0. The van der Waals surface area contributed by atoms with Gasteiger partial charge in [0.25, 0.3) is 5.91 Å². The van der Waals surface area contributed by atoms with Crippen LogP contribution in [0.25, 0.3) is 5.70 Å². The molecule has 0 aliphatic carbocycles. The van der Waals surface area contributed by atoms with Crippen LogP contribution in [0.1, 0.15) is 46.8 Å². The Morgan fingerprint density at radius 2 is 1.83 bits per heavy atom. The van der Waals surface area contributed by atoms with Crippen molar-refractivity contribution in [1.82, 2.24) is 15.1 Å². The molecule has 8 nitrogen and oxygen atoms in total.